The molecule has 3 atom stereocenters. The van der Waals surface area contributed by atoms with Gasteiger partial charge in [-0.2, -0.15) is 0 Å². The number of nitrogens with zero attached hydrogens (tertiary/aromatic N) is 1. The molecule has 7 nitrogen and oxygen atoms in total. The van der Waals surface area contributed by atoms with Crippen LogP contribution in [-0.2, 0) is 4.79 Å². The molecule has 1 amide bonds. The quantitative estimate of drug-likeness (QED) is 0.666. The maximum absolute atomic E-state index is 13.5. The molecule has 0 spiro atoms. The number of hydrogen-bond acceptors (Lipinski definition) is 6. The van der Waals surface area contributed by atoms with Crippen molar-refractivity contribution in [2.45, 2.75) is 39.0 Å². The standard InChI is InChI=1S/C27H35NO6/c1-17-10-18(2)16-28(15-17)26(30)14-21(27-22(29)12-20(31-3)13-25(27)32-4)19-6-7-23-24(11-19)34-9-5-8-33-23/h6-7,11-13,17-18,21,29H,5,8-10,14-16H2,1-4H3. The van der Waals surface area contributed by atoms with Crippen molar-refractivity contribution in [1.82, 2.24) is 4.90 Å². The molecule has 1 fully saturated rings. The molecule has 2 aliphatic heterocycles. The summed E-state index contributed by atoms with van der Waals surface area (Å²) in [6.07, 6.45) is 2.14. The number of benzene rings is 2. The lowest BCUT2D eigenvalue weighted by Crippen LogP contribution is -2.43. The zero-order chi connectivity index (χ0) is 24.2. The lowest BCUT2D eigenvalue weighted by Gasteiger charge is -2.36. The molecule has 0 bridgehead atoms. The Morgan fingerprint density at radius 1 is 1.06 bits per heavy atom. The van der Waals surface area contributed by atoms with E-state index >= 15 is 0 Å². The highest BCUT2D eigenvalue weighted by atomic mass is 16.5. The number of carbonyl (C=O) groups excluding carboxylic acids is 1. The lowest BCUT2D eigenvalue weighted by atomic mass is 9.85. The number of piperidine rings is 1. The van der Waals surface area contributed by atoms with Crippen molar-refractivity contribution in [3.8, 4) is 28.7 Å². The summed E-state index contributed by atoms with van der Waals surface area (Å²) in [5, 5.41) is 11.0. The monoisotopic (exact) mass is 469 g/mol. The summed E-state index contributed by atoms with van der Waals surface area (Å²) in [7, 11) is 3.09. The van der Waals surface area contributed by atoms with E-state index in [2.05, 4.69) is 13.8 Å². The maximum atomic E-state index is 13.5. The Morgan fingerprint density at radius 2 is 1.76 bits per heavy atom. The lowest BCUT2D eigenvalue weighted by molar-refractivity contribution is -0.134. The number of rotatable bonds is 6. The normalized spacial score (nSPS) is 20.9. The first-order valence-electron chi connectivity index (χ1n) is 12.0. The van der Waals surface area contributed by atoms with Crippen molar-refractivity contribution >= 4 is 5.91 Å². The number of hydrogen-bond donors (Lipinski definition) is 1. The fourth-order valence-electron chi connectivity index (χ4n) is 5.18. The van der Waals surface area contributed by atoms with Crippen LogP contribution in [0.15, 0.2) is 30.3 Å². The second-order valence-corrected chi connectivity index (χ2v) is 9.52. The zero-order valence-corrected chi connectivity index (χ0v) is 20.5. The fourth-order valence-corrected chi connectivity index (χ4v) is 5.18. The summed E-state index contributed by atoms with van der Waals surface area (Å²) in [5.74, 6) is 2.90. The van der Waals surface area contributed by atoms with Gasteiger partial charge in [0.1, 0.15) is 17.2 Å². The Morgan fingerprint density at radius 3 is 2.44 bits per heavy atom. The number of aromatic hydroxyl groups is 1. The van der Waals surface area contributed by atoms with Crippen LogP contribution in [0.5, 0.6) is 28.7 Å². The minimum Gasteiger partial charge on any atom is -0.507 e. The largest absolute Gasteiger partial charge is 0.507 e. The number of phenolic OH excluding ortho intramolecular Hbond substituents is 1. The molecule has 2 heterocycles. The summed E-state index contributed by atoms with van der Waals surface area (Å²) < 4.78 is 22.7. The third kappa shape index (κ3) is 5.18. The predicted molar refractivity (Wildman–Crippen MR) is 129 cm³/mol. The second-order valence-electron chi connectivity index (χ2n) is 9.52. The van der Waals surface area contributed by atoms with E-state index < -0.39 is 5.92 Å². The van der Waals surface area contributed by atoms with Crippen molar-refractivity contribution in [3.05, 3.63) is 41.5 Å². The molecule has 34 heavy (non-hydrogen) atoms. The molecule has 2 aromatic rings. The Kier molecular flexibility index (Phi) is 7.39. The number of fused-ring (bicyclic) bond motifs is 1. The molecule has 3 unspecified atom stereocenters. The van der Waals surface area contributed by atoms with Crippen molar-refractivity contribution < 1.29 is 28.8 Å². The van der Waals surface area contributed by atoms with Crippen LogP contribution in [-0.4, -0.2) is 56.4 Å². The third-order valence-electron chi connectivity index (χ3n) is 6.67. The average molecular weight is 470 g/mol. The minimum absolute atomic E-state index is 0.0292. The SMILES string of the molecule is COc1cc(O)c(C(CC(=O)N2CC(C)CC(C)C2)c2ccc3c(c2)OCCCO3)c(OC)c1. The van der Waals surface area contributed by atoms with E-state index in [1.165, 1.54) is 7.11 Å². The molecule has 4 rings (SSSR count). The summed E-state index contributed by atoms with van der Waals surface area (Å²) >= 11 is 0. The molecule has 2 aromatic carbocycles. The van der Waals surface area contributed by atoms with Crippen molar-refractivity contribution in [2.24, 2.45) is 11.8 Å². The molecule has 2 aliphatic rings. The van der Waals surface area contributed by atoms with E-state index in [0.717, 1.165) is 31.5 Å². The molecule has 7 heteroatoms. The van der Waals surface area contributed by atoms with E-state index in [1.807, 2.05) is 23.1 Å². The van der Waals surface area contributed by atoms with Crippen molar-refractivity contribution in [1.29, 1.82) is 0 Å². The van der Waals surface area contributed by atoms with Gasteiger partial charge >= 0.3 is 0 Å². The van der Waals surface area contributed by atoms with Gasteiger partial charge in [0.15, 0.2) is 11.5 Å². The Hall–Kier alpha value is -3.09. The second kappa shape index (κ2) is 10.5. The van der Waals surface area contributed by atoms with Gasteiger partial charge in [0.05, 0.1) is 27.4 Å². The first-order valence-corrected chi connectivity index (χ1v) is 12.0. The van der Waals surface area contributed by atoms with Crippen LogP contribution in [0.4, 0.5) is 0 Å². The molecule has 184 valence electrons. The molecular weight excluding hydrogens is 434 g/mol. The Labute approximate surface area is 201 Å². The topological polar surface area (TPSA) is 77.5 Å². The fraction of sp³-hybridized carbons (Fsp3) is 0.519. The zero-order valence-electron chi connectivity index (χ0n) is 20.5. The van der Waals surface area contributed by atoms with Gasteiger partial charge in [-0.1, -0.05) is 19.9 Å². The van der Waals surface area contributed by atoms with E-state index in [1.54, 1.807) is 19.2 Å². The van der Waals surface area contributed by atoms with Crippen LogP contribution >= 0.6 is 0 Å². The predicted octanol–water partition coefficient (Wildman–Crippen LogP) is 4.60. The smallest absolute Gasteiger partial charge is 0.223 e. The average Bonchev–Trinajstić information content (AvgIpc) is 3.06. The molecular formula is C27H35NO6. The Balaban J connectivity index is 1.75. The van der Waals surface area contributed by atoms with Crippen LogP contribution in [0.2, 0.25) is 0 Å². The highest BCUT2D eigenvalue weighted by Gasteiger charge is 2.31. The van der Waals surface area contributed by atoms with Crippen LogP contribution in [0.3, 0.4) is 0 Å². The number of phenols is 1. The summed E-state index contributed by atoms with van der Waals surface area (Å²) in [6.45, 7) is 7.06. The summed E-state index contributed by atoms with van der Waals surface area (Å²) in [4.78, 5) is 15.5. The van der Waals surface area contributed by atoms with Gasteiger partial charge in [-0.3, -0.25) is 4.79 Å². The molecule has 0 radical (unpaired) electrons. The van der Waals surface area contributed by atoms with E-state index in [4.69, 9.17) is 18.9 Å². The number of ether oxygens (including phenoxy) is 4. The molecule has 0 saturated carbocycles. The number of likely N-dealkylation sites (tertiary alicyclic amines) is 1. The summed E-state index contributed by atoms with van der Waals surface area (Å²) in [6, 6.07) is 9.04. The van der Waals surface area contributed by atoms with Gasteiger partial charge in [-0.05, 0) is 36.0 Å². The highest BCUT2D eigenvalue weighted by molar-refractivity contribution is 5.78. The molecule has 0 aliphatic carbocycles. The number of methoxy groups -OCH3 is 2. The minimum atomic E-state index is -0.432. The maximum Gasteiger partial charge on any atom is 0.223 e. The number of amides is 1. The third-order valence-corrected chi connectivity index (χ3v) is 6.67. The molecule has 0 aromatic heterocycles. The van der Waals surface area contributed by atoms with Gasteiger partial charge < -0.3 is 29.0 Å². The van der Waals surface area contributed by atoms with Crippen LogP contribution in [0, 0.1) is 11.8 Å². The molecule has 1 saturated heterocycles. The van der Waals surface area contributed by atoms with Gasteiger partial charge in [0.2, 0.25) is 5.91 Å². The summed E-state index contributed by atoms with van der Waals surface area (Å²) in [5.41, 5.74) is 1.42. The van der Waals surface area contributed by atoms with E-state index in [0.29, 0.717) is 53.6 Å². The Bertz CT molecular complexity index is 1010. The number of carbonyl (C=O) groups is 1. The van der Waals surface area contributed by atoms with Crippen molar-refractivity contribution in [2.75, 3.05) is 40.5 Å². The van der Waals surface area contributed by atoms with Crippen LogP contribution < -0.4 is 18.9 Å². The first kappa shape index (κ1) is 24.0. The van der Waals surface area contributed by atoms with Gasteiger partial charge in [0, 0.05) is 49.5 Å². The van der Waals surface area contributed by atoms with Crippen molar-refractivity contribution in [3.63, 3.8) is 0 Å². The van der Waals surface area contributed by atoms with Gasteiger partial charge in [-0.15, -0.1) is 0 Å². The van der Waals surface area contributed by atoms with E-state index in [9.17, 15) is 9.90 Å². The van der Waals surface area contributed by atoms with Crippen LogP contribution in [0.1, 0.15) is 50.2 Å². The van der Waals surface area contributed by atoms with Crippen LogP contribution in [0.25, 0.3) is 0 Å². The van der Waals surface area contributed by atoms with Gasteiger partial charge in [-0.25, -0.2) is 0 Å². The highest BCUT2D eigenvalue weighted by Crippen LogP contribution is 2.45. The van der Waals surface area contributed by atoms with Gasteiger partial charge in [0.25, 0.3) is 0 Å². The molecule has 1 N–H and O–H groups in total. The first-order chi connectivity index (χ1) is 16.4. The van der Waals surface area contributed by atoms with E-state index in [-0.39, 0.29) is 18.1 Å².